The summed E-state index contributed by atoms with van der Waals surface area (Å²) < 4.78 is 37.5. The second kappa shape index (κ2) is 13.7. The van der Waals surface area contributed by atoms with Gasteiger partial charge in [0.15, 0.2) is 0 Å². The number of hydrogen-bond acceptors (Lipinski definition) is 8. The molecule has 1 atom stereocenters. The molecule has 0 aliphatic carbocycles. The van der Waals surface area contributed by atoms with Crippen LogP contribution in [0.5, 0.6) is 5.75 Å². The maximum Gasteiger partial charge on any atom is 0.295 e. The normalized spacial score (nSPS) is 19.1. The summed E-state index contributed by atoms with van der Waals surface area (Å²) in [6.07, 6.45) is 0.638. The number of ketones is 1. The SMILES string of the molecule is CN(C)S(=O)(=O)c1ccc(/C(O)=C2\C(=O)C(=O)N(CCCN3CCOCC3)C2c2ccc(OCc3ccccc3)cc2)cc1. The number of sulfonamides is 1. The van der Waals surface area contributed by atoms with E-state index in [0.717, 1.165) is 29.5 Å². The molecule has 0 saturated carbocycles. The summed E-state index contributed by atoms with van der Waals surface area (Å²) in [5.41, 5.74) is 1.87. The molecule has 0 aromatic heterocycles. The molecule has 5 rings (SSSR count). The predicted molar refractivity (Wildman–Crippen MR) is 165 cm³/mol. The van der Waals surface area contributed by atoms with Gasteiger partial charge in [-0.3, -0.25) is 14.5 Å². The number of ether oxygens (including phenoxy) is 2. The van der Waals surface area contributed by atoms with E-state index in [-0.39, 0.29) is 21.8 Å². The molecule has 0 radical (unpaired) electrons. The molecule has 44 heavy (non-hydrogen) atoms. The molecule has 1 N–H and O–H groups in total. The van der Waals surface area contributed by atoms with Crippen LogP contribution in [-0.2, 0) is 31.0 Å². The average molecular weight is 620 g/mol. The number of benzene rings is 3. The first-order valence-electron chi connectivity index (χ1n) is 14.5. The Hall–Kier alpha value is -4.03. The van der Waals surface area contributed by atoms with Crippen molar-refractivity contribution in [2.75, 3.05) is 53.5 Å². The number of carbonyl (C=O) groups excluding carboxylic acids is 2. The molecular weight excluding hydrogens is 582 g/mol. The zero-order valence-corrected chi connectivity index (χ0v) is 25.7. The lowest BCUT2D eigenvalue weighted by molar-refractivity contribution is -0.140. The minimum atomic E-state index is -3.68. The maximum atomic E-state index is 13.5. The van der Waals surface area contributed by atoms with Gasteiger partial charge < -0.3 is 19.5 Å². The molecule has 2 aliphatic heterocycles. The number of likely N-dealkylation sites (tertiary alicyclic amines) is 1. The zero-order valence-electron chi connectivity index (χ0n) is 24.9. The Bertz CT molecular complexity index is 1600. The second-order valence-electron chi connectivity index (χ2n) is 11.0. The molecule has 3 aromatic carbocycles. The lowest BCUT2D eigenvalue weighted by Crippen LogP contribution is -2.38. The van der Waals surface area contributed by atoms with Gasteiger partial charge in [0.2, 0.25) is 10.0 Å². The summed E-state index contributed by atoms with van der Waals surface area (Å²) in [7, 11) is -0.820. The van der Waals surface area contributed by atoms with Crippen LogP contribution in [0, 0.1) is 0 Å². The van der Waals surface area contributed by atoms with Crippen LogP contribution in [-0.4, -0.2) is 92.8 Å². The third-order valence-corrected chi connectivity index (χ3v) is 9.70. The van der Waals surface area contributed by atoms with E-state index in [9.17, 15) is 23.1 Å². The van der Waals surface area contributed by atoms with E-state index in [1.807, 2.05) is 30.3 Å². The van der Waals surface area contributed by atoms with Gasteiger partial charge in [-0.15, -0.1) is 0 Å². The van der Waals surface area contributed by atoms with E-state index in [1.54, 1.807) is 24.3 Å². The monoisotopic (exact) mass is 619 g/mol. The molecule has 3 aromatic rings. The molecule has 1 unspecified atom stereocenters. The summed E-state index contributed by atoms with van der Waals surface area (Å²) in [5.74, 6) is -1.20. The van der Waals surface area contributed by atoms with Crippen LogP contribution >= 0.6 is 0 Å². The largest absolute Gasteiger partial charge is 0.507 e. The summed E-state index contributed by atoms with van der Waals surface area (Å²) in [5, 5.41) is 11.4. The lowest BCUT2D eigenvalue weighted by atomic mass is 9.95. The van der Waals surface area contributed by atoms with Crippen molar-refractivity contribution in [1.29, 1.82) is 0 Å². The number of aliphatic hydroxyl groups is 1. The Balaban J connectivity index is 1.44. The molecule has 2 aliphatic rings. The Morgan fingerprint density at radius 3 is 2.23 bits per heavy atom. The van der Waals surface area contributed by atoms with Gasteiger partial charge in [-0.1, -0.05) is 42.5 Å². The number of morpholine rings is 1. The molecule has 2 heterocycles. The molecule has 11 heteroatoms. The molecule has 232 valence electrons. The van der Waals surface area contributed by atoms with E-state index in [2.05, 4.69) is 4.90 Å². The van der Waals surface area contributed by atoms with Gasteiger partial charge in [-0.05, 0) is 53.9 Å². The first-order valence-corrected chi connectivity index (χ1v) is 16.0. The molecule has 1 amide bonds. The Kier molecular flexibility index (Phi) is 9.80. The summed E-state index contributed by atoms with van der Waals surface area (Å²) in [6, 6.07) is 21.7. The van der Waals surface area contributed by atoms with Crippen LogP contribution in [0.1, 0.15) is 29.2 Å². The number of amides is 1. The fraction of sp³-hybridized carbons (Fsp3) is 0.333. The molecule has 0 spiro atoms. The van der Waals surface area contributed by atoms with Crippen LogP contribution in [0.3, 0.4) is 0 Å². The predicted octanol–water partition coefficient (Wildman–Crippen LogP) is 3.66. The number of Topliss-reactive ketones (excluding diaryl/α,β-unsaturated/α-hetero) is 1. The third-order valence-electron chi connectivity index (χ3n) is 7.87. The van der Waals surface area contributed by atoms with E-state index >= 15 is 0 Å². The van der Waals surface area contributed by atoms with Crippen LogP contribution in [0.25, 0.3) is 5.76 Å². The van der Waals surface area contributed by atoms with Gasteiger partial charge in [0, 0.05) is 45.8 Å². The Morgan fingerprint density at radius 2 is 1.59 bits per heavy atom. The number of nitrogens with zero attached hydrogens (tertiary/aromatic N) is 3. The fourth-order valence-corrected chi connectivity index (χ4v) is 6.29. The van der Waals surface area contributed by atoms with Gasteiger partial charge in [0.25, 0.3) is 11.7 Å². The Labute approximate surface area is 258 Å². The Morgan fingerprint density at radius 1 is 0.932 bits per heavy atom. The van der Waals surface area contributed by atoms with E-state index in [1.165, 1.54) is 43.3 Å². The van der Waals surface area contributed by atoms with Crippen LogP contribution in [0.4, 0.5) is 0 Å². The summed E-state index contributed by atoms with van der Waals surface area (Å²) in [6.45, 7) is 4.40. The molecule has 10 nitrogen and oxygen atoms in total. The third kappa shape index (κ3) is 6.86. The first kappa shape index (κ1) is 31.4. The van der Waals surface area contributed by atoms with Crippen LogP contribution in [0.15, 0.2) is 89.3 Å². The van der Waals surface area contributed by atoms with Gasteiger partial charge in [-0.25, -0.2) is 12.7 Å². The smallest absolute Gasteiger partial charge is 0.295 e. The van der Waals surface area contributed by atoms with Gasteiger partial charge in [-0.2, -0.15) is 0 Å². The van der Waals surface area contributed by atoms with Crippen molar-refractivity contribution in [2.45, 2.75) is 24.0 Å². The first-order chi connectivity index (χ1) is 21.2. The minimum Gasteiger partial charge on any atom is -0.507 e. The molecule has 2 fully saturated rings. The van der Waals surface area contributed by atoms with E-state index in [0.29, 0.717) is 44.1 Å². The molecule has 0 bridgehead atoms. The highest BCUT2D eigenvalue weighted by Crippen LogP contribution is 2.40. The molecule has 2 saturated heterocycles. The highest BCUT2D eigenvalue weighted by molar-refractivity contribution is 7.89. The van der Waals surface area contributed by atoms with Gasteiger partial charge in [0.1, 0.15) is 18.1 Å². The van der Waals surface area contributed by atoms with Gasteiger partial charge >= 0.3 is 0 Å². The maximum absolute atomic E-state index is 13.5. The van der Waals surface area contributed by atoms with Crippen LogP contribution < -0.4 is 4.74 Å². The highest BCUT2D eigenvalue weighted by Gasteiger charge is 2.45. The number of hydrogen-bond donors (Lipinski definition) is 1. The van der Waals surface area contributed by atoms with Crippen molar-refractivity contribution < 1.29 is 32.6 Å². The highest BCUT2D eigenvalue weighted by atomic mass is 32.2. The van der Waals surface area contributed by atoms with Crippen LogP contribution in [0.2, 0.25) is 0 Å². The standard InChI is InChI=1S/C33H37N3O7S/c1-34(2)44(40,41)28-15-11-26(12-16-28)31(37)29-30(25-9-13-27(14-10-25)43-23-24-7-4-3-5-8-24)36(33(39)32(29)38)18-6-17-35-19-21-42-22-20-35/h3-5,7-16,30,37H,6,17-23H2,1-2H3/b31-29+. The fourth-order valence-electron chi connectivity index (χ4n) is 5.38. The van der Waals surface area contributed by atoms with Crippen molar-refractivity contribution >= 4 is 27.5 Å². The van der Waals surface area contributed by atoms with Crippen molar-refractivity contribution in [3.8, 4) is 5.75 Å². The minimum absolute atomic E-state index is 0.0393. The van der Waals surface area contributed by atoms with Crippen molar-refractivity contribution in [3.05, 3.63) is 101 Å². The number of aliphatic hydroxyl groups excluding tert-OH is 1. The summed E-state index contributed by atoms with van der Waals surface area (Å²) in [4.78, 5) is 30.7. The molecular formula is C33H37N3O7S. The van der Waals surface area contributed by atoms with E-state index in [4.69, 9.17) is 9.47 Å². The summed E-state index contributed by atoms with van der Waals surface area (Å²) >= 11 is 0. The van der Waals surface area contributed by atoms with Crippen molar-refractivity contribution in [3.63, 3.8) is 0 Å². The lowest BCUT2D eigenvalue weighted by Gasteiger charge is -2.29. The topological polar surface area (TPSA) is 117 Å². The van der Waals surface area contributed by atoms with Crippen molar-refractivity contribution in [2.24, 2.45) is 0 Å². The van der Waals surface area contributed by atoms with Crippen molar-refractivity contribution in [1.82, 2.24) is 14.1 Å². The van der Waals surface area contributed by atoms with E-state index < -0.39 is 27.8 Å². The quantitative estimate of drug-likeness (QED) is 0.196. The zero-order chi connectivity index (χ0) is 31.3. The number of carbonyl (C=O) groups is 2. The van der Waals surface area contributed by atoms with Gasteiger partial charge in [0.05, 0.1) is 29.7 Å². The average Bonchev–Trinajstić information content (AvgIpc) is 3.29. The second-order valence-corrected chi connectivity index (χ2v) is 13.1. The number of rotatable bonds is 11.